The molecule has 0 fully saturated rings. The van der Waals surface area contributed by atoms with Crippen LogP contribution in [0.15, 0.2) is 24.3 Å². The molecule has 0 aromatic rings. The second kappa shape index (κ2) is 38.6. The normalized spacial score (nSPS) is 13.9. The van der Waals surface area contributed by atoms with Crippen LogP contribution >= 0.6 is 0 Å². The Balaban J connectivity index is 3.61. The van der Waals surface area contributed by atoms with Crippen molar-refractivity contribution in [1.29, 1.82) is 0 Å². The molecule has 0 aliphatic carbocycles. The van der Waals surface area contributed by atoms with Crippen LogP contribution in [-0.2, 0) is 4.79 Å². The van der Waals surface area contributed by atoms with Crippen molar-refractivity contribution in [1.82, 2.24) is 5.32 Å². The third-order valence-corrected chi connectivity index (χ3v) is 9.83. The van der Waals surface area contributed by atoms with E-state index in [1.165, 1.54) is 148 Å². The summed E-state index contributed by atoms with van der Waals surface area (Å²) in [6, 6.07) is -0.709. The maximum Gasteiger partial charge on any atom is 0.249 e. The van der Waals surface area contributed by atoms with Gasteiger partial charge in [0, 0.05) is 0 Å². The van der Waals surface area contributed by atoms with E-state index in [0.29, 0.717) is 12.8 Å². The van der Waals surface area contributed by atoms with Gasteiger partial charge in [-0.15, -0.1) is 0 Å². The lowest BCUT2D eigenvalue weighted by molar-refractivity contribution is -0.131. The standard InChI is InChI=1S/C43H83NO4/c1-3-5-7-9-11-13-15-17-19-20-21-22-23-24-26-28-30-32-34-36-38-42(47)43(48)44-40(39-45)41(46)37-35-33-31-29-27-25-18-16-14-12-10-8-6-4-2/h5,7,11,13,40-42,45-47H,3-4,6,8-10,12,14-39H2,1-2H3,(H,44,48)/b7-5-,13-11-. The van der Waals surface area contributed by atoms with Crippen LogP contribution in [0.25, 0.3) is 0 Å². The zero-order valence-electron chi connectivity index (χ0n) is 32.1. The van der Waals surface area contributed by atoms with E-state index in [9.17, 15) is 20.1 Å². The molecule has 5 nitrogen and oxygen atoms in total. The van der Waals surface area contributed by atoms with Crippen LogP contribution in [0.4, 0.5) is 0 Å². The second-order valence-electron chi connectivity index (χ2n) is 14.5. The van der Waals surface area contributed by atoms with Crippen molar-refractivity contribution in [2.24, 2.45) is 0 Å². The van der Waals surface area contributed by atoms with E-state index >= 15 is 0 Å². The number of carbonyl (C=O) groups excluding carboxylic acids is 1. The quantitative estimate of drug-likeness (QED) is 0.0387. The van der Waals surface area contributed by atoms with Crippen molar-refractivity contribution in [3.63, 3.8) is 0 Å². The Morgan fingerprint density at radius 3 is 1.35 bits per heavy atom. The minimum atomic E-state index is -1.07. The molecule has 0 rings (SSSR count). The van der Waals surface area contributed by atoms with Gasteiger partial charge in [0.25, 0.3) is 0 Å². The average Bonchev–Trinajstić information content (AvgIpc) is 3.09. The van der Waals surface area contributed by atoms with Gasteiger partial charge < -0.3 is 20.6 Å². The molecular formula is C43H83NO4. The third kappa shape index (κ3) is 33.3. The summed E-state index contributed by atoms with van der Waals surface area (Å²) in [6.07, 6.45) is 46.0. The Bertz CT molecular complexity index is 709. The number of aliphatic hydroxyl groups is 3. The molecule has 0 aromatic heterocycles. The predicted octanol–water partition coefficient (Wildman–Crippen LogP) is 11.8. The number of carbonyl (C=O) groups is 1. The fourth-order valence-corrected chi connectivity index (χ4v) is 6.52. The number of unbranched alkanes of at least 4 members (excludes halogenated alkanes) is 26. The summed E-state index contributed by atoms with van der Waals surface area (Å²) < 4.78 is 0. The molecule has 3 unspecified atom stereocenters. The molecule has 0 aliphatic rings. The molecule has 0 spiro atoms. The first kappa shape index (κ1) is 46.8. The van der Waals surface area contributed by atoms with E-state index < -0.39 is 24.2 Å². The predicted molar refractivity (Wildman–Crippen MR) is 208 cm³/mol. The number of nitrogens with one attached hydrogen (secondary N) is 1. The van der Waals surface area contributed by atoms with Crippen LogP contribution in [0.1, 0.15) is 219 Å². The highest BCUT2D eigenvalue weighted by Gasteiger charge is 2.23. The van der Waals surface area contributed by atoms with Crippen molar-refractivity contribution in [2.45, 2.75) is 238 Å². The van der Waals surface area contributed by atoms with Gasteiger partial charge in [-0.05, 0) is 38.5 Å². The minimum Gasteiger partial charge on any atom is -0.394 e. The highest BCUT2D eigenvalue weighted by Crippen LogP contribution is 2.16. The van der Waals surface area contributed by atoms with E-state index in [1.807, 2.05) is 0 Å². The molecule has 0 radical (unpaired) electrons. The Hall–Kier alpha value is -1.17. The number of aliphatic hydroxyl groups excluding tert-OH is 3. The summed E-state index contributed by atoms with van der Waals surface area (Å²) in [7, 11) is 0. The van der Waals surface area contributed by atoms with Gasteiger partial charge in [-0.1, -0.05) is 205 Å². The molecular weight excluding hydrogens is 594 g/mol. The van der Waals surface area contributed by atoms with Crippen LogP contribution in [0, 0.1) is 0 Å². The Labute approximate surface area is 299 Å². The van der Waals surface area contributed by atoms with Crippen LogP contribution in [0.3, 0.4) is 0 Å². The third-order valence-electron chi connectivity index (χ3n) is 9.83. The molecule has 0 aliphatic heterocycles. The number of hydrogen-bond donors (Lipinski definition) is 4. The molecule has 4 N–H and O–H groups in total. The van der Waals surface area contributed by atoms with E-state index in [0.717, 1.165) is 44.9 Å². The van der Waals surface area contributed by atoms with Crippen molar-refractivity contribution in [2.75, 3.05) is 6.61 Å². The van der Waals surface area contributed by atoms with E-state index in [4.69, 9.17) is 0 Å². The van der Waals surface area contributed by atoms with Gasteiger partial charge >= 0.3 is 0 Å². The largest absolute Gasteiger partial charge is 0.394 e. The lowest BCUT2D eigenvalue weighted by atomic mass is 10.0. The molecule has 5 heteroatoms. The van der Waals surface area contributed by atoms with Crippen molar-refractivity contribution in [3.8, 4) is 0 Å². The van der Waals surface area contributed by atoms with Gasteiger partial charge in [-0.3, -0.25) is 4.79 Å². The average molecular weight is 678 g/mol. The van der Waals surface area contributed by atoms with Crippen LogP contribution in [-0.4, -0.2) is 46.1 Å². The molecule has 0 bridgehead atoms. The SMILES string of the molecule is CC/C=C\C/C=C\CCCCCCCCCCCCCCCC(O)C(=O)NC(CO)C(O)CCCCCCCCCCCCCCCC. The molecule has 0 saturated carbocycles. The number of allylic oxidation sites excluding steroid dienone is 4. The summed E-state index contributed by atoms with van der Waals surface area (Å²) >= 11 is 0. The van der Waals surface area contributed by atoms with E-state index in [-0.39, 0.29) is 6.61 Å². The number of hydrogen-bond acceptors (Lipinski definition) is 4. The first-order valence-electron chi connectivity index (χ1n) is 21.1. The molecule has 0 aromatic carbocycles. The summed E-state index contributed by atoms with van der Waals surface area (Å²) in [5.41, 5.74) is 0. The number of rotatable bonds is 38. The van der Waals surface area contributed by atoms with Gasteiger partial charge in [-0.2, -0.15) is 0 Å². The molecule has 284 valence electrons. The molecule has 3 atom stereocenters. The molecule has 1 amide bonds. The van der Waals surface area contributed by atoms with Gasteiger partial charge in [-0.25, -0.2) is 0 Å². The lowest BCUT2D eigenvalue weighted by Gasteiger charge is -2.23. The van der Waals surface area contributed by atoms with Crippen molar-refractivity contribution < 1.29 is 20.1 Å². The monoisotopic (exact) mass is 678 g/mol. The zero-order valence-corrected chi connectivity index (χ0v) is 32.1. The summed E-state index contributed by atoms with van der Waals surface area (Å²) in [5, 5.41) is 33.3. The summed E-state index contributed by atoms with van der Waals surface area (Å²) in [6.45, 7) is 4.13. The Morgan fingerprint density at radius 2 is 0.917 bits per heavy atom. The first-order valence-corrected chi connectivity index (χ1v) is 21.1. The maximum absolute atomic E-state index is 12.5. The highest BCUT2D eigenvalue weighted by molar-refractivity contribution is 5.80. The number of amides is 1. The lowest BCUT2D eigenvalue weighted by Crippen LogP contribution is -2.49. The zero-order chi connectivity index (χ0) is 35.2. The van der Waals surface area contributed by atoms with Crippen molar-refractivity contribution in [3.05, 3.63) is 24.3 Å². The van der Waals surface area contributed by atoms with Crippen LogP contribution in [0.2, 0.25) is 0 Å². The van der Waals surface area contributed by atoms with Gasteiger partial charge in [0.15, 0.2) is 0 Å². The fraction of sp³-hybridized carbons (Fsp3) is 0.884. The van der Waals surface area contributed by atoms with Gasteiger partial charge in [0.1, 0.15) is 6.10 Å². The summed E-state index contributed by atoms with van der Waals surface area (Å²) in [5.74, 6) is -0.471. The van der Waals surface area contributed by atoms with Crippen LogP contribution < -0.4 is 5.32 Å². The topological polar surface area (TPSA) is 89.8 Å². The second-order valence-corrected chi connectivity index (χ2v) is 14.5. The molecule has 0 saturated heterocycles. The van der Waals surface area contributed by atoms with Crippen molar-refractivity contribution >= 4 is 5.91 Å². The van der Waals surface area contributed by atoms with Gasteiger partial charge in [0.05, 0.1) is 18.8 Å². The first-order chi connectivity index (χ1) is 23.6. The highest BCUT2D eigenvalue weighted by atomic mass is 16.3. The molecule has 48 heavy (non-hydrogen) atoms. The summed E-state index contributed by atoms with van der Waals surface area (Å²) in [4.78, 5) is 12.5. The minimum absolute atomic E-state index is 0.312. The smallest absolute Gasteiger partial charge is 0.249 e. The van der Waals surface area contributed by atoms with E-state index in [2.05, 4.69) is 43.5 Å². The maximum atomic E-state index is 12.5. The van der Waals surface area contributed by atoms with E-state index in [1.54, 1.807) is 0 Å². The Kier molecular flexibility index (Phi) is 37.7. The Morgan fingerprint density at radius 1 is 0.521 bits per heavy atom. The van der Waals surface area contributed by atoms with Crippen LogP contribution in [0.5, 0.6) is 0 Å². The van der Waals surface area contributed by atoms with Gasteiger partial charge in [0.2, 0.25) is 5.91 Å². The fourth-order valence-electron chi connectivity index (χ4n) is 6.52. The molecule has 0 heterocycles.